The number of rotatable bonds is 3. The number of nitrogens with zero attached hydrogens (tertiary/aromatic N) is 4. The van der Waals surface area contributed by atoms with Crippen LogP contribution >= 0.6 is 0 Å². The second-order valence-corrected chi connectivity index (χ2v) is 7.88. The predicted octanol–water partition coefficient (Wildman–Crippen LogP) is 6.03. The highest BCUT2D eigenvalue weighted by atomic mass is 14.9. The van der Waals surface area contributed by atoms with E-state index in [4.69, 9.17) is 19.9 Å². The number of fused-ring (bicyclic) bond motifs is 3. The lowest BCUT2D eigenvalue weighted by Crippen LogP contribution is -2.12. The minimum absolute atomic E-state index is 0.725. The summed E-state index contributed by atoms with van der Waals surface area (Å²) in [5.74, 6) is 1.48. The third-order valence-electron chi connectivity index (χ3n) is 5.85. The van der Waals surface area contributed by atoms with Crippen molar-refractivity contribution in [3.63, 3.8) is 0 Å². The van der Waals surface area contributed by atoms with Crippen LogP contribution in [-0.4, -0.2) is 19.9 Å². The molecule has 0 aliphatic heterocycles. The smallest absolute Gasteiger partial charge is 0.160 e. The van der Waals surface area contributed by atoms with Gasteiger partial charge < -0.3 is 0 Å². The van der Waals surface area contributed by atoms with E-state index in [1.165, 1.54) is 5.56 Å². The summed E-state index contributed by atoms with van der Waals surface area (Å²) in [5, 5.41) is 0. The van der Waals surface area contributed by atoms with Crippen LogP contribution < -0.4 is 0 Å². The normalized spacial score (nSPS) is 12.1. The molecule has 4 heteroatoms. The first kappa shape index (κ1) is 18.6. The molecule has 0 atom stereocenters. The minimum atomic E-state index is 0.725. The summed E-state index contributed by atoms with van der Waals surface area (Å²) >= 11 is 0. The first-order valence-electron chi connectivity index (χ1n) is 10.8. The molecule has 0 saturated heterocycles. The number of aryl methyl sites for hydroxylation is 1. The molecule has 2 aromatic heterocycles. The van der Waals surface area contributed by atoms with Gasteiger partial charge in [-0.05, 0) is 12.8 Å². The standard InChI is InChI=1S/C28H20N4/c1-4-10-19(11-5-1)25-22-16-17-24-23(18-29-27(30-24)20-12-6-2-7-13-20)26(22)32-28(31-25)21-14-8-3-9-15-21/h1-15,18H,16-17H2. The maximum Gasteiger partial charge on any atom is 0.160 e. The van der Waals surface area contributed by atoms with Crippen LogP contribution in [0.25, 0.3) is 45.3 Å². The van der Waals surface area contributed by atoms with E-state index in [0.29, 0.717) is 0 Å². The van der Waals surface area contributed by atoms with E-state index in [9.17, 15) is 0 Å². The molecule has 0 radical (unpaired) electrons. The molecule has 0 saturated carbocycles. The molecular weight excluding hydrogens is 392 g/mol. The van der Waals surface area contributed by atoms with Gasteiger partial charge in [0.1, 0.15) is 0 Å². The Kier molecular flexibility index (Phi) is 4.54. The van der Waals surface area contributed by atoms with Crippen LogP contribution in [0.2, 0.25) is 0 Å². The average Bonchev–Trinajstić information content (AvgIpc) is 2.89. The highest BCUT2D eigenvalue weighted by Crippen LogP contribution is 2.38. The topological polar surface area (TPSA) is 51.6 Å². The molecule has 0 N–H and O–H groups in total. The summed E-state index contributed by atoms with van der Waals surface area (Å²) in [7, 11) is 0. The molecule has 3 aromatic carbocycles. The highest BCUT2D eigenvalue weighted by molar-refractivity contribution is 5.79. The summed E-state index contributed by atoms with van der Waals surface area (Å²) in [6.45, 7) is 0. The summed E-state index contributed by atoms with van der Waals surface area (Å²) < 4.78 is 0. The van der Waals surface area contributed by atoms with Gasteiger partial charge in [0.2, 0.25) is 0 Å². The van der Waals surface area contributed by atoms with E-state index in [1.807, 2.05) is 60.8 Å². The monoisotopic (exact) mass is 412 g/mol. The third kappa shape index (κ3) is 3.26. The van der Waals surface area contributed by atoms with Crippen molar-refractivity contribution in [1.82, 2.24) is 19.9 Å². The second kappa shape index (κ2) is 7.82. The molecule has 0 unspecified atom stereocenters. The van der Waals surface area contributed by atoms with E-state index in [2.05, 4.69) is 36.4 Å². The number of hydrogen-bond acceptors (Lipinski definition) is 4. The number of aromatic nitrogens is 4. The molecule has 5 aromatic rings. The van der Waals surface area contributed by atoms with Crippen molar-refractivity contribution in [3.8, 4) is 45.3 Å². The molecule has 0 amide bonds. The summed E-state index contributed by atoms with van der Waals surface area (Å²) in [4.78, 5) is 19.6. The summed E-state index contributed by atoms with van der Waals surface area (Å²) in [6, 6.07) is 30.6. The van der Waals surface area contributed by atoms with Crippen molar-refractivity contribution in [2.75, 3.05) is 0 Å². The molecule has 6 rings (SSSR count). The van der Waals surface area contributed by atoms with E-state index in [0.717, 1.165) is 63.8 Å². The van der Waals surface area contributed by atoms with Crippen LogP contribution in [-0.2, 0) is 12.8 Å². The summed E-state index contributed by atoms with van der Waals surface area (Å²) in [6.07, 6.45) is 3.63. The SMILES string of the molecule is c1ccc(-c2ncc3c(n2)CCc2c(-c4ccccc4)nc(-c4ccccc4)nc2-3)cc1. The van der Waals surface area contributed by atoms with E-state index in [-0.39, 0.29) is 0 Å². The van der Waals surface area contributed by atoms with Gasteiger partial charge in [0.05, 0.1) is 17.1 Å². The molecule has 0 spiro atoms. The maximum atomic E-state index is 5.02. The second-order valence-electron chi connectivity index (χ2n) is 7.88. The highest BCUT2D eigenvalue weighted by Gasteiger charge is 2.25. The molecule has 1 aliphatic rings. The fourth-order valence-corrected chi connectivity index (χ4v) is 4.27. The Hall–Kier alpha value is -4.18. The Morgan fingerprint density at radius 1 is 0.500 bits per heavy atom. The zero-order valence-corrected chi connectivity index (χ0v) is 17.4. The van der Waals surface area contributed by atoms with Gasteiger partial charge in [-0.2, -0.15) is 0 Å². The quantitative estimate of drug-likeness (QED) is 0.363. The number of hydrogen-bond donors (Lipinski definition) is 0. The molecule has 4 nitrogen and oxygen atoms in total. The van der Waals surface area contributed by atoms with Crippen LogP contribution in [0.4, 0.5) is 0 Å². The Morgan fingerprint density at radius 3 is 1.72 bits per heavy atom. The lowest BCUT2D eigenvalue weighted by atomic mass is 9.90. The first-order valence-corrected chi connectivity index (χ1v) is 10.8. The fourth-order valence-electron chi connectivity index (χ4n) is 4.27. The number of benzene rings is 3. The van der Waals surface area contributed by atoms with Crippen LogP contribution in [0.5, 0.6) is 0 Å². The van der Waals surface area contributed by atoms with Crippen molar-refractivity contribution in [1.29, 1.82) is 0 Å². The summed E-state index contributed by atoms with van der Waals surface area (Å²) in [5.41, 5.74) is 8.28. The van der Waals surface area contributed by atoms with Gasteiger partial charge in [-0.25, -0.2) is 19.9 Å². The molecule has 152 valence electrons. The Balaban J connectivity index is 1.56. The van der Waals surface area contributed by atoms with Crippen molar-refractivity contribution < 1.29 is 0 Å². The van der Waals surface area contributed by atoms with Crippen LogP contribution in [0.15, 0.2) is 97.2 Å². The van der Waals surface area contributed by atoms with Gasteiger partial charge in [0.15, 0.2) is 11.6 Å². The van der Waals surface area contributed by atoms with Crippen LogP contribution in [0.1, 0.15) is 11.3 Å². The van der Waals surface area contributed by atoms with Gasteiger partial charge in [-0.1, -0.05) is 91.0 Å². The zero-order valence-electron chi connectivity index (χ0n) is 17.4. The van der Waals surface area contributed by atoms with Crippen molar-refractivity contribution in [2.24, 2.45) is 0 Å². The molecule has 0 fully saturated rings. The Bertz CT molecular complexity index is 1400. The van der Waals surface area contributed by atoms with Gasteiger partial charge in [-0.3, -0.25) is 0 Å². The maximum absolute atomic E-state index is 5.02. The molecule has 2 heterocycles. The Morgan fingerprint density at radius 2 is 1.06 bits per heavy atom. The van der Waals surface area contributed by atoms with Crippen molar-refractivity contribution >= 4 is 0 Å². The van der Waals surface area contributed by atoms with E-state index >= 15 is 0 Å². The first-order chi connectivity index (χ1) is 15.9. The molecule has 32 heavy (non-hydrogen) atoms. The third-order valence-corrected chi connectivity index (χ3v) is 5.85. The van der Waals surface area contributed by atoms with Gasteiger partial charge >= 0.3 is 0 Å². The van der Waals surface area contributed by atoms with Crippen molar-refractivity contribution in [3.05, 3.63) is 108 Å². The van der Waals surface area contributed by atoms with E-state index in [1.54, 1.807) is 0 Å². The lowest BCUT2D eigenvalue weighted by Gasteiger charge is -2.22. The van der Waals surface area contributed by atoms with Gasteiger partial charge in [0.25, 0.3) is 0 Å². The molecule has 1 aliphatic carbocycles. The molecular formula is C28H20N4. The van der Waals surface area contributed by atoms with Gasteiger partial charge in [0, 0.05) is 34.0 Å². The lowest BCUT2D eigenvalue weighted by molar-refractivity contribution is 0.869. The van der Waals surface area contributed by atoms with E-state index < -0.39 is 0 Å². The van der Waals surface area contributed by atoms with Crippen LogP contribution in [0.3, 0.4) is 0 Å². The average molecular weight is 412 g/mol. The van der Waals surface area contributed by atoms with Gasteiger partial charge in [-0.15, -0.1) is 0 Å². The Labute approximate surface area is 186 Å². The largest absolute Gasteiger partial charge is 0.236 e. The molecule has 0 bridgehead atoms. The minimum Gasteiger partial charge on any atom is -0.236 e. The van der Waals surface area contributed by atoms with Crippen molar-refractivity contribution in [2.45, 2.75) is 12.8 Å². The zero-order chi connectivity index (χ0) is 21.3. The predicted molar refractivity (Wildman–Crippen MR) is 127 cm³/mol. The van der Waals surface area contributed by atoms with Crippen LogP contribution in [0, 0.1) is 0 Å². The fraction of sp³-hybridized carbons (Fsp3) is 0.0714.